The summed E-state index contributed by atoms with van der Waals surface area (Å²) in [6.45, 7) is 7.70. The van der Waals surface area contributed by atoms with E-state index in [0.717, 1.165) is 19.5 Å². The first-order chi connectivity index (χ1) is 7.17. The molecule has 2 fully saturated rings. The molecule has 0 radical (unpaired) electrons. The molecule has 1 aliphatic heterocycles. The largest absolute Gasteiger partial charge is 0.348 e. The minimum atomic E-state index is -0.0872. The Kier molecular flexibility index (Phi) is 2.80. The highest BCUT2D eigenvalue weighted by Gasteiger charge is 2.50. The monoisotopic (exact) mass is 209 g/mol. The van der Waals surface area contributed by atoms with Crippen LogP contribution in [-0.4, -0.2) is 42.0 Å². The first-order valence-electron chi connectivity index (χ1n) is 5.60. The van der Waals surface area contributed by atoms with Crippen LogP contribution >= 0.6 is 0 Å². The van der Waals surface area contributed by atoms with Crippen LogP contribution in [0.4, 0.5) is 0 Å². The smallest absolute Gasteiger partial charge is 0.243 e. The minimum Gasteiger partial charge on any atom is -0.348 e. The van der Waals surface area contributed by atoms with E-state index in [0.29, 0.717) is 12.0 Å². The van der Waals surface area contributed by atoms with E-state index in [1.807, 2.05) is 0 Å². The number of rotatable bonds is 3. The second kappa shape index (κ2) is 3.94. The third-order valence-corrected chi connectivity index (χ3v) is 3.72. The van der Waals surface area contributed by atoms with Gasteiger partial charge in [-0.05, 0) is 25.0 Å². The van der Waals surface area contributed by atoms with E-state index in [9.17, 15) is 4.79 Å². The van der Waals surface area contributed by atoms with Crippen LogP contribution in [0.1, 0.15) is 13.3 Å². The van der Waals surface area contributed by atoms with E-state index in [2.05, 4.69) is 23.7 Å². The van der Waals surface area contributed by atoms with Gasteiger partial charge in [-0.15, -0.1) is 0 Å². The Morgan fingerprint density at radius 3 is 3.00 bits per heavy atom. The summed E-state index contributed by atoms with van der Waals surface area (Å²) >= 11 is 0. The number of likely N-dealkylation sites (N-methyl/N-ethyl adjacent to an activating group) is 1. The SMILES string of the molecule is C=CC(=O)N[C@H]1C[C@@H]2CN(CC)[C@H]1[C@@H]2N. The minimum absolute atomic E-state index is 0.0872. The summed E-state index contributed by atoms with van der Waals surface area (Å²) in [5, 5.41) is 2.98. The molecule has 84 valence electrons. The highest BCUT2D eigenvalue weighted by molar-refractivity contribution is 5.87. The van der Waals surface area contributed by atoms with Crippen LogP contribution in [0.2, 0.25) is 0 Å². The van der Waals surface area contributed by atoms with Gasteiger partial charge in [0.05, 0.1) is 0 Å². The van der Waals surface area contributed by atoms with Gasteiger partial charge in [0.2, 0.25) is 5.91 Å². The van der Waals surface area contributed by atoms with Gasteiger partial charge in [-0.25, -0.2) is 0 Å². The lowest BCUT2D eigenvalue weighted by Crippen LogP contribution is -2.52. The van der Waals surface area contributed by atoms with Crippen molar-refractivity contribution in [1.29, 1.82) is 0 Å². The fraction of sp³-hybridized carbons (Fsp3) is 0.727. The topological polar surface area (TPSA) is 58.4 Å². The molecular formula is C11H19N3O. The van der Waals surface area contributed by atoms with Crippen LogP contribution in [0.25, 0.3) is 0 Å². The highest BCUT2D eigenvalue weighted by Crippen LogP contribution is 2.36. The maximum Gasteiger partial charge on any atom is 0.243 e. The van der Waals surface area contributed by atoms with Crippen molar-refractivity contribution in [3.8, 4) is 0 Å². The molecule has 1 amide bonds. The molecule has 1 saturated carbocycles. The van der Waals surface area contributed by atoms with Crippen molar-refractivity contribution in [3.05, 3.63) is 12.7 Å². The predicted molar refractivity (Wildman–Crippen MR) is 59.2 cm³/mol. The summed E-state index contributed by atoms with van der Waals surface area (Å²) in [6.07, 6.45) is 2.34. The van der Waals surface area contributed by atoms with Gasteiger partial charge in [-0.1, -0.05) is 13.5 Å². The zero-order chi connectivity index (χ0) is 11.0. The Labute approximate surface area is 90.5 Å². The lowest BCUT2D eigenvalue weighted by Gasteiger charge is -2.32. The van der Waals surface area contributed by atoms with Crippen LogP contribution in [-0.2, 0) is 4.79 Å². The van der Waals surface area contributed by atoms with Gasteiger partial charge in [-0.2, -0.15) is 0 Å². The molecule has 15 heavy (non-hydrogen) atoms. The van der Waals surface area contributed by atoms with Gasteiger partial charge in [0.1, 0.15) is 0 Å². The number of hydrogen-bond acceptors (Lipinski definition) is 3. The summed E-state index contributed by atoms with van der Waals surface area (Å²) in [6, 6.07) is 0.758. The molecule has 3 N–H and O–H groups in total. The number of fused-ring (bicyclic) bond motifs is 2. The molecular weight excluding hydrogens is 190 g/mol. The number of hydrogen-bond donors (Lipinski definition) is 2. The number of nitrogens with two attached hydrogens (primary N) is 1. The van der Waals surface area contributed by atoms with Gasteiger partial charge < -0.3 is 11.1 Å². The van der Waals surface area contributed by atoms with E-state index in [1.54, 1.807) is 0 Å². The Balaban J connectivity index is 2.04. The average molecular weight is 209 g/mol. The van der Waals surface area contributed by atoms with Crippen molar-refractivity contribution >= 4 is 5.91 Å². The van der Waals surface area contributed by atoms with Crippen LogP contribution in [0.5, 0.6) is 0 Å². The second-order valence-electron chi connectivity index (χ2n) is 4.47. The van der Waals surface area contributed by atoms with Crippen molar-refractivity contribution in [3.63, 3.8) is 0 Å². The zero-order valence-corrected chi connectivity index (χ0v) is 9.15. The number of nitrogens with one attached hydrogen (secondary N) is 1. The number of piperidine rings is 1. The molecule has 4 nitrogen and oxygen atoms in total. The molecule has 2 bridgehead atoms. The van der Waals surface area contributed by atoms with Crippen LogP contribution < -0.4 is 11.1 Å². The number of carbonyl (C=O) groups excluding carboxylic acids is 1. The molecule has 4 atom stereocenters. The molecule has 0 aromatic rings. The Hall–Kier alpha value is -0.870. The first-order valence-corrected chi connectivity index (χ1v) is 5.60. The second-order valence-corrected chi connectivity index (χ2v) is 4.47. The van der Waals surface area contributed by atoms with Gasteiger partial charge in [0.25, 0.3) is 0 Å². The molecule has 2 rings (SSSR count). The van der Waals surface area contributed by atoms with E-state index in [1.165, 1.54) is 6.08 Å². The summed E-state index contributed by atoms with van der Waals surface area (Å²) in [4.78, 5) is 13.6. The molecule has 4 heteroatoms. The molecule has 1 heterocycles. The summed E-state index contributed by atoms with van der Waals surface area (Å²) in [5.41, 5.74) is 6.14. The van der Waals surface area contributed by atoms with Crippen molar-refractivity contribution < 1.29 is 4.79 Å². The third-order valence-electron chi connectivity index (χ3n) is 3.72. The summed E-state index contributed by atoms with van der Waals surface area (Å²) < 4.78 is 0. The number of carbonyl (C=O) groups is 1. The third kappa shape index (κ3) is 1.68. The van der Waals surface area contributed by atoms with E-state index < -0.39 is 0 Å². The van der Waals surface area contributed by atoms with Gasteiger partial charge >= 0.3 is 0 Å². The molecule has 0 aromatic carbocycles. The Morgan fingerprint density at radius 1 is 1.73 bits per heavy atom. The molecule has 2 aliphatic rings. The molecule has 0 spiro atoms. The number of amides is 1. The van der Waals surface area contributed by atoms with E-state index in [4.69, 9.17) is 5.73 Å². The van der Waals surface area contributed by atoms with Crippen LogP contribution in [0, 0.1) is 5.92 Å². The lowest BCUT2D eigenvalue weighted by atomic mass is 10.1. The first kappa shape index (κ1) is 10.6. The van der Waals surface area contributed by atoms with Crippen molar-refractivity contribution in [2.24, 2.45) is 11.7 Å². The fourth-order valence-corrected chi connectivity index (χ4v) is 3.01. The van der Waals surface area contributed by atoms with Crippen LogP contribution in [0.3, 0.4) is 0 Å². The van der Waals surface area contributed by atoms with E-state index >= 15 is 0 Å². The van der Waals surface area contributed by atoms with Crippen LogP contribution in [0.15, 0.2) is 12.7 Å². The Morgan fingerprint density at radius 2 is 2.47 bits per heavy atom. The molecule has 1 aliphatic carbocycles. The van der Waals surface area contributed by atoms with Crippen molar-refractivity contribution in [2.75, 3.05) is 13.1 Å². The van der Waals surface area contributed by atoms with Crippen molar-refractivity contribution in [2.45, 2.75) is 31.5 Å². The summed E-state index contributed by atoms with van der Waals surface area (Å²) in [5.74, 6) is 0.459. The lowest BCUT2D eigenvalue weighted by molar-refractivity contribution is -0.117. The number of nitrogens with zero attached hydrogens (tertiary/aromatic N) is 1. The molecule has 1 saturated heterocycles. The number of likely N-dealkylation sites (tertiary alicyclic amines) is 1. The molecule has 0 aromatic heterocycles. The average Bonchev–Trinajstić information content (AvgIpc) is 2.70. The summed E-state index contributed by atoms with van der Waals surface area (Å²) in [7, 11) is 0. The van der Waals surface area contributed by atoms with Gasteiger partial charge in [-0.3, -0.25) is 9.69 Å². The quantitative estimate of drug-likeness (QED) is 0.628. The predicted octanol–water partition coefficient (Wildman–Crippen LogP) is -0.291. The van der Waals surface area contributed by atoms with Crippen molar-refractivity contribution in [1.82, 2.24) is 10.2 Å². The fourth-order valence-electron chi connectivity index (χ4n) is 3.01. The standard InChI is InChI=1S/C11H19N3O/c1-3-9(15)13-8-5-7-6-14(4-2)11(8)10(7)12/h3,7-8,10-11H,1,4-6,12H2,2H3,(H,13,15)/t7-,8+,10-,11-/m1/s1. The maximum atomic E-state index is 11.3. The maximum absolute atomic E-state index is 11.3. The van der Waals surface area contributed by atoms with E-state index in [-0.39, 0.29) is 18.0 Å². The normalized spacial score (nSPS) is 39.3. The molecule has 0 unspecified atom stereocenters. The van der Waals surface area contributed by atoms with Gasteiger partial charge in [0.15, 0.2) is 0 Å². The highest BCUT2D eigenvalue weighted by atomic mass is 16.1. The Bertz CT molecular complexity index is 279. The van der Waals surface area contributed by atoms with Gasteiger partial charge in [0, 0.05) is 24.7 Å². The zero-order valence-electron chi connectivity index (χ0n) is 9.15.